The lowest BCUT2D eigenvalue weighted by atomic mass is 10.1. The number of hydrogen-bond donors (Lipinski definition) is 2. The Kier molecular flexibility index (Phi) is 4.21. The third kappa shape index (κ3) is 3.02. The predicted octanol–water partition coefficient (Wildman–Crippen LogP) is 2.72. The molecule has 0 aliphatic carbocycles. The quantitative estimate of drug-likeness (QED) is 0.848. The number of Topliss-reactive ketones (excluding diaryl/α,β-unsaturated/α-hetero) is 1. The summed E-state index contributed by atoms with van der Waals surface area (Å²) in [5.74, 6) is -0.255. The molecule has 5 nitrogen and oxygen atoms in total. The molecule has 2 heterocycles. The topological polar surface area (TPSA) is 74.8 Å². The van der Waals surface area contributed by atoms with E-state index >= 15 is 0 Å². The van der Waals surface area contributed by atoms with Gasteiger partial charge in [0.2, 0.25) is 0 Å². The highest BCUT2D eigenvalue weighted by Gasteiger charge is 2.21. The van der Waals surface area contributed by atoms with E-state index in [0.717, 1.165) is 11.3 Å². The summed E-state index contributed by atoms with van der Waals surface area (Å²) in [5.41, 5.74) is 3.43. The SMILES string of the molecule is CC(=O)c1c(C)[nH]c(C(=O)NC(C)c2ccncc2)c1C. The molecule has 0 bridgehead atoms. The summed E-state index contributed by atoms with van der Waals surface area (Å²) in [7, 11) is 0. The zero-order valence-corrected chi connectivity index (χ0v) is 12.7. The fraction of sp³-hybridized carbons (Fsp3) is 0.312. The second kappa shape index (κ2) is 5.91. The highest BCUT2D eigenvalue weighted by molar-refractivity contribution is 6.02. The van der Waals surface area contributed by atoms with E-state index in [1.165, 1.54) is 6.92 Å². The van der Waals surface area contributed by atoms with Crippen LogP contribution >= 0.6 is 0 Å². The van der Waals surface area contributed by atoms with E-state index in [1.807, 2.05) is 19.1 Å². The van der Waals surface area contributed by atoms with E-state index in [2.05, 4.69) is 15.3 Å². The second-order valence-electron chi connectivity index (χ2n) is 5.16. The first-order valence-electron chi connectivity index (χ1n) is 6.82. The molecule has 0 radical (unpaired) electrons. The van der Waals surface area contributed by atoms with E-state index in [9.17, 15) is 9.59 Å². The Labute approximate surface area is 123 Å². The number of nitrogens with zero attached hydrogens (tertiary/aromatic N) is 1. The Balaban J connectivity index is 2.22. The lowest BCUT2D eigenvalue weighted by Crippen LogP contribution is -2.27. The van der Waals surface area contributed by atoms with Crippen molar-refractivity contribution < 1.29 is 9.59 Å². The van der Waals surface area contributed by atoms with Crippen LogP contribution in [0.4, 0.5) is 0 Å². The third-order valence-electron chi connectivity index (χ3n) is 3.57. The van der Waals surface area contributed by atoms with Crippen molar-refractivity contribution >= 4 is 11.7 Å². The Morgan fingerprint density at radius 2 is 1.86 bits per heavy atom. The van der Waals surface area contributed by atoms with Crippen molar-refractivity contribution in [1.29, 1.82) is 0 Å². The first-order chi connectivity index (χ1) is 9.91. The molecule has 1 unspecified atom stereocenters. The minimum absolute atomic E-state index is 0.0394. The van der Waals surface area contributed by atoms with Gasteiger partial charge in [0.15, 0.2) is 5.78 Å². The van der Waals surface area contributed by atoms with Gasteiger partial charge in [-0.3, -0.25) is 14.6 Å². The fourth-order valence-corrected chi connectivity index (χ4v) is 2.51. The molecular weight excluding hydrogens is 266 g/mol. The van der Waals surface area contributed by atoms with Gasteiger partial charge in [0.05, 0.1) is 6.04 Å². The number of ketones is 1. The van der Waals surface area contributed by atoms with Gasteiger partial charge in [-0.25, -0.2) is 0 Å². The van der Waals surface area contributed by atoms with Gasteiger partial charge in [0, 0.05) is 23.7 Å². The normalized spacial score (nSPS) is 12.0. The molecule has 0 aromatic carbocycles. The summed E-state index contributed by atoms with van der Waals surface area (Å²) in [5, 5.41) is 2.92. The van der Waals surface area contributed by atoms with Gasteiger partial charge in [-0.05, 0) is 51.0 Å². The molecular formula is C16H19N3O2. The van der Waals surface area contributed by atoms with E-state index < -0.39 is 0 Å². The number of aromatic nitrogens is 2. The highest BCUT2D eigenvalue weighted by Crippen LogP contribution is 2.19. The molecule has 0 aliphatic rings. The van der Waals surface area contributed by atoms with Gasteiger partial charge in [-0.1, -0.05) is 0 Å². The van der Waals surface area contributed by atoms with Crippen molar-refractivity contribution in [3.05, 3.63) is 52.6 Å². The molecule has 0 aliphatic heterocycles. The summed E-state index contributed by atoms with van der Waals surface area (Å²) >= 11 is 0. The predicted molar refractivity (Wildman–Crippen MR) is 80.4 cm³/mol. The number of nitrogens with one attached hydrogen (secondary N) is 2. The van der Waals surface area contributed by atoms with Crippen LogP contribution in [0.25, 0.3) is 0 Å². The van der Waals surface area contributed by atoms with Gasteiger partial charge >= 0.3 is 0 Å². The van der Waals surface area contributed by atoms with E-state index in [0.29, 0.717) is 16.8 Å². The lowest BCUT2D eigenvalue weighted by Gasteiger charge is -2.13. The molecule has 110 valence electrons. The van der Waals surface area contributed by atoms with Crippen LogP contribution in [0, 0.1) is 13.8 Å². The van der Waals surface area contributed by atoms with Crippen LogP contribution < -0.4 is 5.32 Å². The van der Waals surface area contributed by atoms with Gasteiger partial charge in [0.1, 0.15) is 5.69 Å². The largest absolute Gasteiger partial charge is 0.354 e. The number of aryl methyl sites for hydroxylation is 1. The standard InChI is InChI=1S/C16H19N3O2/c1-9-14(12(4)20)11(3)18-15(9)16(21)19-10(2)13-5-7-17-8-6-13/h5-8,10,18H,1-4H3,(H,19,21). The van der Waals surface area contributed by atoms with Crippen molar-refractivity contribution in [2.24, 2.45) is 0 Å². The summed E-state index contributed by atoms with van der Waals surface area (Å²) in [4.78, 5) is 30.9. The number of pyridine rings is 1. The van der Waals surface area contributed by atoms with E-state index in [4.69, 9.17) is 0 Å². The van der Waals surface area contributed by atoms with E-state index in [1.54, 1.807) is 26.2 Å². The molecule has 0 saturated heterocycles. The second-order valence-corrected chi connectivity index (χ2v) is 5.16. The summed E-state index contributed by atoms with van der Waals surface area (Å²) in [6.45, 7) is 6.99. The summed E-state index contributed by atoms with van der Waals surface area (Å²) < 4.78 is 0. The first kappa shape index (κ1) is 15.0. The molecule has 0 fully saturated rings. The van der Waals surface area contributed by atoms with E-state index in [-0.39, 0.29) is 17.7 Å². The maximum absolute atomic E-state index is 12.4. The molecule has 0 spiro atoms. The lowest BCUT2D eigenvalue weighted by molar-refractivity contribution is 0.0934. The Bertz CT molecular complexity index is 674. The minimum atomic E-state index is -0.215. The maximum atomic E-state index is 12.4. The highest BCUT2D eigenvalue weighted by atomic mass is 16.2. The van der Waals surface area contributed by atoms with Gasteiger partial charge in [0.25, 0.3) is 5.91 Å². The first-order valence-corrected chi connectivity index (χ1v) is 6.82. The summed E-state index contributed by atoms with van der Waals surface area (Å²) in [6, 6.07) is 3.58. The smallest absolute Gasteiger partial charge is 0.268 e. The number of amides is 1. The van der Waals surface area contributed by atoms with Crippen LogP contribution in [-0.2, 0) is 0 Å². The van der Waals surface area contributed by atoms with Crippen LogP contribution in [0.3, 0.4) is 0 Å². The van der Waals surface area contributed by atoms with Crippen molar-refractivity contribution in [3.8, 4) is 0 Å². The Morgan fingerprint density at radius 1 is 1.24 bits per heavy atom. The van der Waals surface area contributed by atoms with Crippen LogP contribution in [0.1, 0.15) is 57.6 Å². The average Bonchev–Trinajstić information content (AvgIpc) is 2.75. The molecule has 0 saturated carbocycles. The zero-order chi connectivity index (χ0) is 15.6. The van der Waals surface area contributed by atoms with Crippen molar-refractivity contribution in [1.82, 2.24) is 15.3 Å². The average molecular weight is 285 g/mol. The van der Waals surface area contributed by atoms with Crippen molar-refractivity contribution in [3.63, 3.8) is 0 Å². The molecule has 2 rings (SSSR count). The van der Waals surface area contributed by atoms with Crippen LogP contribution in [-0.4, -0.2) is 21.7 Å². The monoisotopic (exact) mass is 285 g/mol. The number of hydrogen-bond acceptors (Lipinski definition) is 3. The van der Waals surface area contributed by atoms with Crippen LogP contribution in [0.15, 0.2) is 24.5 Å². The van der Waals surface area contributed by atoms with Crippen LogP contribution in [0.2, 0.25) is 0 Å². The third-order valence-corrected chi connectivity index (χ3v) is 3.57. The molecule has 1 amide bonds. The number of carbonyl (C=O) groups is 2. The Hall–Kier alpha value is -2.43. The number of aromatic amines is 1. The Morgan fingerprint density at radius 3 is 2.38 bits per heavy atom. The number of H-pyrrole nitrogens is 1. The van der Waals surface area contributed by atoms with Crippen molar-refractivity contribution in [2.45, 2.75) is 33.7 Å². The molecule has 5 heteroatoms. The number of rotatable bonds is 4. The maximum Gasteiger partial charge on any atom is 0.268 e. The summed E-state index contributed by atoms with van der Waals surface area (Å²) in [6.07, 6.45) is 3.38. The molecule has 2 aromatic rings. The molecule has 2 aromatic heterocycles. The number of carbonyl (C=O) groups excluding carboxylic acids is 2. The van der Waals surface area contributed by atoms with Gasteiger partial charge in [-0.15, -0.1) is 0 Å². The fourth-order valence-electron chi connectivity index (χ4n) is 2.51. The molecule has 21 heavy (non-hydrogen) atoms. The van der Waals surface area contributed by atoms with Crippen molar-refractivity contribution in [2.75, 3.05) is 0 Å². The zero-order valence-electron chi connectivity index (χ0n) is 12.7. The molecule has 1 atom stereocenters. The minimum Gasteiger partial charge on any atom is -0.354 e. The van der Waals surface area contributed by atoms with Crippen LogP contribution in [0.5, 0.6) is 0 Å². The van der Waals surface area contributed by atoms with Gasteiger partial charge < -0.3 is 10.3 Å². The van der Waals surface area contributed by atoms with Gasteiger partial charge in [-0.2, -0.15) is 0 Å². The molecule has 2 N–H and O–H groups in total.